The van der Waals surface area contributed by atoms with Crippen molar-refractivity contribution in [2.24, 2.45) is 0 Å². The van der Waals surface area contributed by atoms with Gasteiger partial charge in [0.2, 0.25) is 0 Å². The van der Waals surface area contributed by atoms with Gasteiger partial charge >= 0.3 is 11.9 Å². The van der Waals surface area contributed by atoms with Crippen LogP contribution in [0, 0.1) is 12.7 Å². The van der Waals surface area contributed by atoms with Crippen LogP contribution in [0.3, 0.4) is 0 Å². The number of anilines is 1. The number of hydrogen-bond acceptors (Lipinski definition) is 8. The molecule has 32 heavy (non-hydrogen) atoms. The Balaban J connectivity index is 1.87. The highest BCUT2D eigenvalue weighted by molar-refractivity contribution is 7.18. The summed E-state index contributed by atoms with van der Waals surface area (Å²) in [6.07, 6.45) is 0. The van der Waals surface area contributed by atoms with Gasteiger partial charge in [-0.2, -0.15) is 0 Å². The largest absolute Gasteiger partial charge is 0.507 e. The van der Waals surface area contributed by atoms with Crippen molar-refractivity contribution in [3.05, 3.63) is 74.2 Å². The lowest BCUT2D eigenvalue weighted by atomic mass is 10.00. The van der Waals surface area contributed by atoms with E-state index in [-0.39, 0.29) is 27.8 Å². The van der Waals surface area contributed by atoms with Crippen molar-refractivity contribution in [2.75, 3.05) is 11.5 Å². The summed E-state index contributed by atoms with van der Waals surface area (Å²) in [5.74, 6) is -3.25. The van der Waals surface area contributed by atoms with Gasteiger partial charge in [-0.25, -0.2) is 14.2 Å². The van der Waals surface area contributed by atoms with E-state index in [1.807, 2.05) is 0 Å². The molecule has 10 heteroatoms. The van der Waals surface area contributed by atoms with Crippen LogP contribution in [0.2, 0.25) is 0 Å². The van der Waals surface area contributed by atoms with Crippen LogP contribution in [0.4, 0.5) is 9.52 Å². The zero-order chi connectivity index (χ0) is 23.0. The number of aliphatic hydroxyl groups is 1. The molecule has 4 rings (SSSR count). The highest BCUT2D eigenvalue weighted by atomic mass is 32.1. The number of ether oxygens (including phenoxy) is 1. The molecular weight excluding hydrogens is 455 g/mol. The van der Waals surface area contributed by atoms with Crippen molar-refractivity contribution >= 4 is 51.2 Å². The van der Waals surface area contributed by atoms with Crippen molar-refractivity contribution < 1.29 is 28.6 Å². The number of aliphatic hydroxyl groups excluding tert-OH is 1. The number of thiophene rings is 1. The Labute approximate surface area is 190 Å². The zero-order valence-corrected chi connectivity index (χ0v) is 18.6. The molecule has 0 bridgehead atoms. The Morgan fingerprint density at radius 1 is 1.25 bits per heavy atom. The van der Waals surface area contributed by atoms with Gasteiger partial charge in [-0.1, -0.05) is 17.4 Å². The van der Waals surface area contributed by atoms with Gasteiger partial charge in [0.1, 0.15) is 22.5 Å². The van der Waals surface area contributed by atoms with Gasteiger partial charge in [-0.3, -0.25) is 14.5 Å². The molecule has 1 aliphatic rings. The predicted octanol–water partition coefficient (Wildman–Crippen LogP) is 4.46. The molecule has 7 nitrogen and oxygen atoms in total. The van der Waals surface area contributed by atoms with Crippen molar-refractivity contribution in [3.63, 3.8) is 0 Å². The Morgan fingerprint density at radius 2 is 1.97 bits per heavy atom. The number of ketones is 1. The first kappa shape index (κ1) is 21.8. The van der Waals surface area contributed by atoms with Gasteiger partial charge in [0, 0.05) is 10.4 Å². The fourth-order valence-electron chi connectivity index (χ4n) is 3.38. The minimum absolute atomic E-state index is 0.130. The fourth-order valence-corrected chi connectivity index (χ4v) is 5.19. The number of amides is 1. The fraction of sp³-hybridized carbons (Fsp3) is 0.182. The lowest BCUT2D eigenvalue weighted by molar-refractivity contribution is -0.132. The highest BCUT2D eigenvalue weighted by Crippen LogP contribution is 2.45. The molecule has 1 atom stereocenters. The molecule has 1 saturated heterocycles. The van der Waals surface area contributed by atoms with Crippen LogP contribution in [0.5, 0.6) is 0 Å². The van der Waals surface area contributed by atoms with Crippen LogP contribution >= 0.6 is 22.7 Å². The summed E-state index contributed by atoms with van der Waals surface area (Å²) < 4.78 is 18.4. The first-order valence-corrected chi connectivity index (χ1v) is 11.3. The Kier molecular flexibility index (Phi) is 5.90. The number of aryl methyl sites for hydroxylation is 1. The number of halogens is 1. The molecule has 1 fully saturated rings. The zero-order valence-electron chi connectivity index (χ0n) is 17.0. The summed E-state index contributed by atoms with van der Waals surface area (Å²) in [7, 11) is 0. The number of hydrogen-bond donors (Lipinski definition) is 1. The highest BCUT2D eigenvalue weighted by Gasteiger charge is 2.48. The SMILES string of the molecule is CCOC(=O)c1sc(N2C(=O)C(=O)/C(=C(\O)c3ccc(F)cc3)C2c2cccs2)nc1C. The Bertz CT molecular complexity index is 1230. The lowest BCUT2D eigenvalue weighted by Gasteiger charge is -2.21. The molecule has 0 aliphatic carbocycles. The predicted molar refractivity (Wildman–Crippen MR) is 118 cm³/mol. The minimum Gasteiger partial charge on any atom is -0.507 e. The molecule has 2 aromatic heterocycles. The molecule has 1 amide bonds. The lowest BCUT2D eigenvalue weighted by Crippen LogP contribution is -2.29. The maximum absolute atomic E-state index is 13.3. The topological polar surface area (TPSA) is 96.8 Å². The van der Waals surface area contributed by atoms with E-state index in [2.05, 4.69) is 4.98 Å². The number of rotatable bonds is 5. The number of thiazole rings is 1. The number of aromatic nitrogens is 1. The van der Waals surface area contributed by atoms with Crippen molar-refractivity contribution in [2.45, 2.75) is 19.9 Å². The molecule has 1 aliphatic heterocycles. The summed E-state index contributed by atoms with van der Waals surface area (Å²) >= 11 is 2.24. The normalized spacial score (nSPS) is 17.7. The number of esters is 1. The van der Waals surface area contributed by atoms with Crippen molar-refractivity contribution in [1.82, 2.24) is 4.98 Å². The smallest absolute Gasteiger partial charge is 0.350 e. The van der Waals surface area contributed by atoms with Gasteiger partial charge in [0.15, 0.2) is 5.13 Å². The maximum atomic E-state index is 13.3. The van der Waals surface area contributed by atoms with Crippen LogP contribution in [-0.2, 0) is 14.3 Å². The summed E-state index contributed by atoms with van der Waals surface area (Å²) in [5.41, 5.74) is 0.442. The Morgan fingerprint density at radius 3 is 2.59 bits per heavy atom. The third kappa shape index (κ3) is 3.71. The molecular formula is C22H17FN2O5S2. The second-order valence-corrected chi connectivity index (χ2v) is 8.78. The number of carbonyl (C=O) groups excluding carboxylic acids is 3. The van der Waals surface area contributed by atoms with Gasteiger partial charge in [-0.15, -0.1) is 11.3 Å². The molecule has 3 aromatic rings. The number of carbonyl (C=O) groups is 3. The van der Waals surface area contributed by atoms with Crippen LogP contribution in [0.1, 0.15) is 38.8 Å². The van der Waals surface area contributed by atoms with Crippen LogP contribution < -0.4 is 4.90 Å². The van der Waals surface area contributed by atoms with Gasteiger partial charge in [-0.05, 0) is 49.6 Å². The third-order valence-electron chi connectivity index (χ3n) is 4.83. The minimum atomic E-state index is -0.944. The second-order valence-electron chi connectivity index (χ2n) is 6.82. The quantitative estimate of drug-likeness (QED) is 0.255. The van der Waals surface area contributed by atoms with Crippen LogP contribution in [0.25, 0.3) is 5.76 Å². The van der Waals surface area contributed by atoms with Crippen LogP contribution in [-0.4, -0.2) is 34.4 Å². The van der Waals surface area contributed by atoms with E-state index in [1.54, 1.807) is 31.4 Å². The standard InChI is InChI=1S/C22H17FN2O5S2/c1-3-30-21(29)19-11(2)24-22(32-19)25-16(14-5-4-10-31-14)15(18(27)20(25)28)17(26)12-6-8-13(23)9-7-12/h4-10,16,26H,3H2,1-2H3/b17-15-. The third-order valence-corrected chi connectivity index (χ3v) is 6.89. The average molecular weight is 473 g/mol. The molecule has 0 radical (unpaired) electrons. The molecule has 0 saturated carbocycles. The van der Waals surface area contributed by atoms with E-state index in [4.69, 9.17) is 4.74 Å². The van der Waals surface area contributed by atoms with E-state index in [1.165, 1.54) is 28.4 Å². The van der Waals surface area contributed by atoms with Gasteiger partial charge < -0.3 is 9.84 Å². The van der Waals surface area contributed by atoms with E-state index in [9.17, 15) is 23.9 Å². The van der Waals surface area contributed by atoms with Crippen molar-refractivity contribution in [1.29, 1.82) is 0 Å². The first-order chi connectivity index (χ1) is 15.3. The maximum Gasteiger partial charge on any atom is 0.350 e. The van der Waals surface area contributed by atoms with Crippen LogP contribution in [0.15, 0.2) is 47.4 Å². The van der Waals surface area contributed by atoms with E-state index in [0.717, 1.165) is 23.5 Å². The molecule has 3 heterocycles. The van der Waals surface area contributed by atoms with Gasteiger partial charge in [0.05, 0.1) is 17.9 Å². The van der Waals surface area contributed by atoms with Gasteiger partial charge in [0.25, 0.3) is 5.78 Å². The number of benzene rings is 1. The molecule has 1 unspecified atom stereocenters. The summed E-state index contributed by atoms with van der Waals surface area (Å²) in [5, 5.41) is 12.8. The van der Waals surface area contributed by atoms with E-state index < -0.39 is 35.3 Å². The Hall–Kier alpha value is -3.37. The van der Waals surface area contributed by atoms with Crippen molar-refractivity contribution in [3.8, 4) is 0 Å². The average Bonchev–Trinajstić information content (AvgIpc) is 3.48. The number of nitrogens with zero attached hydrogens (tertiary/aromatic N) is 2. The molecule has 164 valence electrons. The first-order valence-electron chi connectivity index (χ1n) is 9.58. The molecule has 1 N–H and O–H groups in total. The van der Waals surface area contributed by atoms with E-state index >= 15 is 0 Å². The van der Waals surface area contributed by atoms with E-state index in [0.29, 0.717) is 10.6 Å². The summed E-state index contributed by atoms with van der Waals surface area (Å²) in [6.45, 7) is 3.48. The molecule has 0 spiro atoms. The second kappa shape index (κ2) is 8.64. The summed E-state index contributed by atoms with van der Waals surface area (Å²) in [4.78, 5) is 44.7. The number of Topliss-reactive ketones (excluding diaryl/α,β-unsaturated/α-hetero) is 1. The summed E-state index contributed by atoms with van der Waals surface area (Å²) in [6, 6.07) is 7.52. The molecule has 1 aromatic carbocycles. The monoisotopic (exact) mass is 472 g/mol.